The lowest BCUT2D eigenvalue weighted by Crippen LogP contribution is -2.22. The summed E-state index contributed by atoms with van der Waals surface area (Å²) in [7, 11) is 0. The molecule has 0 aliphatic heterocycles. The van der Waals surface area contributed by atoms with Crippen molar-refractivity contribution in [1.82, 2.24) is 20.4 Å². The first kappa shape index (κ1) is 31.7. The summed E-state index contributed by atoms with van der Waals surface area (Å²) in [5, 5.41) is 22.2. The fourth-order valence-corrected chi connectivity index (χ4v) is 5.05. The second kappa shape index (κ2) is 14.3. The minimum absolute atomic E-state index is 0.0809. The van der Waals surface area contributed by atoms with Gasteiger partial charge in [-0.1, -0.05) is 30.4 Å². The lowest BCUT2D eigenvalue weighted by Gasteiger charge is -2.20. The number of allylic oxidation sites excluding steroid dienone is 3. The fraction of sp³-hybridized carbons (Fsp3) is 0.357. The number of hydrogen-bond donors (Lipinski definition) is 2. The maximum atomic E-state index is 14.3. The number of aryl methyl sites for hydroxylation is 2. The zero-order valence-corrected chi connectivity index (χ0v) is 23.6. The fourth-order valence-electron chi connectivity index (χ4n) is 4.25. The monoisotopic (exact) mass is 622 g/mol. The quantitative estimate of drug-likeness (QED) is 0.186. The van der Waals surface area contributed by atoms with Gasteiger partial charge in [0.2, 0.25) is 16.9 Å². The molecule has 4 rings (SSSR count). The zero-order chi connectivity index (χ0) is 31.0. The van der Waals surface area contributed by atoms with E-state index in [1.807, 2.05) is 0 Å². The number of carbonyl (C=O) groups is 2. The number of nitrogens with one attached hydrogen (secondary N) is 2. The van der Waals surface area contributed by atoms with Crippen LogP contribution in [0.15, 0.2) is 60.0 Å². The van der Waals surface area contributed by atoms with E-state index in [-0.39, 0.29) is 29.4 Å². The van der Waals surface area contributed by atoms with Gasteiger partial charge in [-0.05, 0) is 66.8 Å². The SMILES string of the molecule is CC1C=C(F)C=C(CC(=O)Nc2nnc(CCCCc3ccc(NC(=O)Cc4cccc(OC(F)(F)F)c4)nn3)s2)C1F. The summed E-state index contributed by atoms with van der Waals surface area (Å²) in [6.07, 6.45) is -1.75. The summed E-state index contributed by atoms with van der Waals surface area (Å²) in [6, 6.07) is 8.46. The molecular weight excluding hydrogens is 595 g/mol. The molecule has 228 valence electrons. The minimum Gasteiger partial charge on any atom is -0.406 e. The van der Waals surface area contributed by atoms with Crippen LogP contribution in [0.25, 0.3) is 0 Å². The first-order valence-corrected chi connectivity index (χ1v) is 14.1. The molecule has 0 spiro atoms. The largest absolute Gasteiger partial charge is 0.573 e. The van der Waals surface area contributed by atoms with Crippen LogP contribution in [0, 0.1) is 5.92 Å². The van der Waals surface area contributed by atoms with Gasteiger partial charge in [0, 0.05) is 12.3 Å². The van der Waals surface area contributed by atoms with Crippen molar-refractivity contribution in [2.45, 2.75) is 58.0 Å². The highest BCUT2D eigenvalue weighted by atomic mass is 32.1. The summed E-state index contributed by atoms with van der Waals surface area (Å²) >= 11 is 1.20. The van der Waals surface area contributed by atoms with Gasteiger partial charge in [-0.15, -0.1) is 28.5 Å². The third-order valence-electron chi connectivity index (χ3n) is 6.20. The van der Waals surface area contributed by atoms with E-state index in [1.54, 1.807) is 19.1 Å². The van der Waals surface area contributed by atoms with Crippen molar-refractivity contribution >= 4 is 34.1 Å². The molecule has 9 nitrogen and oxygen atoms in total. The van der Waals surface area contributed by atoms with Gasteiger partial charge in [0.25, 0.3) is 0 Å². The molecule has 2 atom stereocenters. The summed E-state index contributed by atoms with van der Waals surface area (Å²) in [5.41, 5.74) is 1.12. The highest BCUT2D eigenvalue weighted by Gasteiger charge is 2.31. The maximum Gasteiger partial charge on any atom is 0.573 e. The van der Waals surface area contributed by atoms with Crippen molar-refractivity contribution in [3.63, 3.8) is 0 Å². The topological polar surface area (TPSA) is 119 Å². The summed E-state index contributed by atoms with van der Waals surface area (Å²) < 4.78 is 68.9. The molecular formula is C28H27F5N6O3S. The second-order valence-corrected chi connectivity index (χ2v) is 10.9. The Morgan fingerprint density at radius 2 is 1.74 bits per heavy atom. The van der Waals surface area contributed by atoms with Gasteiger partial charge in [0.05, 0.1) is 18.5 Å². The Morgan fingerprint density at radius 3 is 2.49 bits per heavy atom. The first-order valence-electron chi connectivity index (χ1n) is 13.2. The van der Waals surface area contributed by atoms with Crippen LogP contribution >= 0.6 is 11.3 Å². The second-order valence-electron chi connectivity index (χ2n) is 9.79. The molecule has 1 aromatic carbocycles. The number of hydrogen-bond acceptors (Lipinski definition) is 8. The number of ether oxygens (including phenoxy) is 1. The first-order chi connectivity index (χ1) is 20.4. The van der Waals surface area contributed by atoms with Crippen LogP contribution in [0.4, 0.5) is 32.9 Å². The zero-order valence-electron chi connectivity index (χ0n) is 22.8. The predicted octanol–water partition coefficient (Wildman–Crippen LogP) is 6.07. The third kappa shape index (κ3) is 10.2. The standard InChI is InChI=1S/C28H27F5N6O3S/c1-16-11-19(29)14-18(26(16)30)15-24(41)35-27-39-38-25(43-27)8-3-2-6-20-9-10-22(37-36-20)34-23(40)13-17-5-4-7-21(12-17)42-28(31,32)33/h4-5,7,9-12,14,16,26H,2-3,6,8,13,15H2,1H3,(H,34,37,40)(H,35,39,41). The number of aromatic nitrogens is 4. The molecule has 0 saturated carbocycles. The molecule has 0 bridgehead atoms. The van der Waals surface area contributed by atoms with Crippen LogP contribution in [0.5, 0.6) is 5.75 Å². The maximum absolute atomic E-state index is 14.3. The van der Waals surface area contributed by atoms with Crippen LogP contribution in [-0.2, 0) is 28.9 Å². The Balaban J connectivity index is 1.16. The van der Waals surface area contributed by atoms with Gasteiger partial charge in [-0.3, -0.25) is 9.59 Å². The normalized spacial score (nSPS) is 16.7. The summed E-state index contributed by atoms with van der Waals surface area (Å²) in [4.78, 5) is 24.6. The van der Waals surface area contributed by atoms with E-state index >= 15 is 0 Å². The Hall–Kier alpha value is -4.27. The van der Waals surface area contributed by atoms with Crippen molar-refractivity contribution < 1.29 is 36.3 Å². The molecule has 0 fully saturated rings. The molecule has 15 heteroatoms. The smallest absolute Gasteiger partial charge is 0.406 e. The van der Waals surface area contributed by atoms with Gasteiger partial charge in [0.15, 0.2) is 5.82 Å². The lowest BCUT2D eigenvalue weighted by atomic mass is 9.91. The van der Waals surface area contributed by atoms with E-state index in [4.69, 9.17) is 0 Å². The number of nitrogens with zero attached hydrogens (tertiary/aromatic N) is 4. The molecule has 2 N–H and O–H groups in total. The third-order valence-corrected chi connectivity index (χ3v) is 7.10. The summed E-state index contributed by atoms with van der Waals surface area (Å²) in [6.45, 7) is 1.55. The lowest BCUT2D eigenvalue weighted by molar-refractivity contribution is -0.274. The molecule has 0 radical (unpaired) electrons. The number of rotatable bonds is 12. The Kier molecular flexibility index (Phi) is 10.5. The molecule has 0 saturated heterocycles. The van der Waals surface area contributed by atoms with Gasteiger partial charge >= 0.3 is 6.36 Å². The molecule has 2 amide bonds. The molecule has 43 heavy (non-hydrogen) atoms. The van der Waals surface area contributed by atoms with Gasteiger partial charge in [0.1, 0.15) is 22.8 Å². The van der Waals surface area contributed by atoms with Crippen molar-refractivity contribution in [3.8, 4) is 5.75 Å². The molecule has 2 aromatic heterocycles. The van der Waals surface area contributed by atoms with Crippen molar-refractivity contribution in [2.24, 2.45) is 5.92 Å². The van der Waals surface area contributed by atoms with Crippen molar-refractivity contribution in [3.05, 3.63) is 76.2 Å². The van der Waals surface area contributed by atoms with Gasteiger partial charge in [-0.25, -0.2) is 8.78 Å². The van der Waals surface area contributed by atoms with E-state index < -0.39 is 41.8 Å². The van der Waals surface area contributed by atoms with Crippen LogP contribution < -0.4 is 15.4 Å². The highest BCUT2D eigenvalue weighted by molar-refractivity contribution is 7.15. The summed E-state index contributed by atoms with van der Waals surface area (Å²) in [5.74, 6) is -2.37. The van der Waals surface area contributed by atoms with Crippen LogP contribution in [0.2, 0.25) is 0 Å². The Morgan fingerprint density at radius 1 is 0.977 bits per heavy atom. The van der Waals surface area contributed by atoms with Crippen LogP contribution in [0.3, 0.4) is 0 Å². The number of unbranched alkanes of at least 4 members (excludes halogenated alkanes) is 1. The highest BCUT2D eigenvalue weighted by Crippen LogP contribution is 2.29. The van der Waals surface area contributed by atoms with Crippen molar-refractivity contribution in [2.75, 3.05) is 10.6 Å². The van der Waals surface area contributed by atoms with E-state index in [2.05, 4.69) is 35.8 Å². The van der Waals surface area contributed by atoms with E-state index in [9.17, 15) is 31.5 Å². The predicted molar refractivity (Wildman–Crippen MR) is 149 cm³/mol. The van der Waals surface area contributed by atoms with Gasteiger partial charge in [-0.2, -0.15) is 5.10 Å². The van der Waals surface area contributed by atoms with Crippen LogP contribution in [0.1, 0.15) is 42.5 Å². The Bertz CT molecular complexity index is 1490. The van der Waals surface area contributed by atoms with Gasteiger partial charge < -0.3 is 15.4 Å². The number of halogens is 5. The molecule has 2 unspecified atom stereocenters. The van der Waals surface area contributed by atoms with E-state index in [0.717, 1.165) is 31.1 Å². The number of amides is 2. The molecule has 1 aliphatic rings. The van der Waals surface area contributed by atoms with Crippen LogP contribution in [-0.4, -0.2) is 44.7 Å². The average Bonchev–Trinajstić information content (AvgIpc) is 3.36. The molecule has 3 aromatic rings. The number of carbonyl (C=O) groups excluding carboxylic acids is 2. The number of alkyl halides is 4. The molecule has 2 heterocycles. The van der Waals surface area contributed by atoms with E-state index in [1.165, 1.54) is 29.5 Å². The number of anilines is 2. The van der Waals surface area contributed by atoms with E-state index in [0.29, 0.717) is 29.1 Å². The molecule has 1 aliphatic carbocycles. The average molecular weight is 623 g/mol. The number of benzene rings is 1. The minimum atomic E-state index is -4.82. The van der Waals surface area contributed by atoms with Crippen molar-refractivity contribution in [1.29, 1.82) is 0 Å². The Labute approximate surface area is 247 Å².